The number of fused-ring (bicyclic) bond motifs is 1. The summed E-state index contributed by atoms with van der Waals surface area (Å²) < 4.78 is 16.6. The summed E-state index contributed by atoms with van der Waals surface area (Å²) in [7, 11) is 1.57. The molecule has 1 aliphatic rings. The summed E-state index contributed by atoms with van der Waals surface area (Å²) in [6, 6.07) is 9.14. The summed E-state index contributed by atoms with van der Waals surface area (Å²) >= 11 is 1.58. The van der Waals surface area contributed by atoms with Crippen LogP contribution in [0.4, 0.5) is 5.13 Å². The van der Waals surface area contributed by atoms with Crippen LogP contribution in [-0.2, 0) is 6.61 Å². The van der Waals surface area contributed by atoms with E-state index in [1.54, 1.807) is 42.8 Å². The molecule has 1 saturated heterocycles. The van der Waals surface area contributed by atoms with E-state index in [-0.39, 0.29) is 5.91 Å². The SMILES string of the molecule is COc1cc(C(=O)N2CCN(c3nc4cccnc4s3)CC2)ccc1OCc1c(C)noc1C. The Morgan fingerprint density at radius 2 is 1.97 bits per heavy atom. The largest absolute Gasteiger partial charge is 0.493 e. The van der Waals surface area contributed by atoms with Crippen LogP contribution in [0.3, 0.4) is 0 Å². The third-order valence-electron chi connectivity index (χ3n) is 5.96. The minimum atomic E-state index is -0.0267. The molecule has 0 spiro atoms. The first-order valence-electron chi connectivity index (χ1n) is 11.0. The number of anilines is 1. The number of carbonyl (C=O) groups excluding carboxylic acids is 1. The molecule has 0 saturated carbocycles. The zero-order valence-corrected chi connectivity index (χ0v) is 20.1. The van der Waals surface area contributed by atoms with E-state index in [1.165, 1.54) is 0 Å². The van der Waals surface area contributed by atoms with Crippen LogP contribution in [-0.4, -0.2) is 59.2 Å². The van der Waals surface area contributed by atoms with Gasteiger partial charge in [0.1, 0.15) is 22.7 Å². The molecule has 10 heteroatoms. The standard InChI is InChI=1S/C24H25N5O4S/c1-15-18(16(2)33-27-15)14-32-20-7-6-17(13-21(20)31-3)23(30)28-9-11-29(12-10-28)24-26-19-5-4-8-25-22(19)34-24/h4-8,13H,9-12,14H2,1-3H3. The Labute approximate surface area is 200 Å². The van der Waals surface area contributed by atoms with Gasteiger partial charge in [0.15, 0.2) is 16.6 Å². The molecule has 4 heterocycles. The van der Waals surface area contributed by atoms with E-state index >= 15 is 0 Å². The Hall–Kier alpha value is -3.66. The minimum Gasteiger partial charge on any atom is -0.493 e. The van der Waals surface area contributed by atoms with Crippen molar-refractivity contribution >= 4 is 32.7 Å². The fourth-order valence-corrected chi connectivity index (χ4v) is 4.92. The van der Waals surface area contributed by atoms with Crippen LogP contribution in [0.1, 0.15) is 27.4 Å². The highest BCUT2D eigenvalue weighted by atomic mass is 32.1. The molecule has 176 valence electrons. The van der Waals surface area contributed by atoms with Crippen molar-refractivity contribution in [2.24, 2.45) is 0 Å². The average Bonchev–Trinajstić information content (AvgIpc) is 3.45. The summed E-state index contributed by atoms with van der Waals surface area (Å²) in [6.45, 7) is 6.73. The van der Waals surface area contributed by atoms with Gasteiger partial charge in [-0.2, -0.15) is 0 Å². The Morgan fingerprint density at radius 1 is 1.15 bits per heavy atom. The molecule has 5 rings (SSSR count). The molecule has 1 aliphatic heterocycles. The number of benzene rings is 1. The number of nitrogens with zero attached hydrogens (tertiary/aromatic N) is 5. The van der Waals surface area contributed by atoms with Crippen LogP contribution in [0.15, 0.2) is 41.1 Å². The van der Waals surface area contributed by atoms with Crippen molar-refractivity contribution in [2.45, 2.75) is 20.5 Å². The Balaban J connectivity index is 1.23. The van der Waals surface area contributed by atoms with E-state index in [4.69, 9.17) is 14.0 Å². The predicted octanol–water partition coefficient (Wildman–Crippen LogP) is 3.85. The number of hydrogen-bond donors (Lipinski definition) is 0. The second-order valence-corrected chi connectivity index (χ2v) is 9.02. The molecule has 0 bridgehead atoms. The molecule has 1 aromatic carbocycles. The van der Waals surface area contributed by atoms with Crippen LogP contribution in [0.25, 0.3) is 10.3 Å². The van der Waals surface area contributed by atoms with Gasteiger partial charge in [-0.15, -0.1) is 0 Å². The lowest BCUT2D eigenvalue weighted by Gasteiger charge is -2.34. The van der Waals surface area contributed by atoms with Gasteiger partial charge in [-0.05, 0) is 44.2 Å². The number of rotatable bonds is 6. The van der Waals surface area contributed by atoms with Crippen LogP contribution in [0.2, 0.25) is 0 Å². The summed E-state index contributed by atoms with van der Waals surface area (Å²) in [4.78, 5) is 27.2. The number of ether oxygens (including phenoxy) is 2. The van der Waals surface area contributed by atoms with E-state index in [1.807, 2.05) is 30.9 Å². The number of amides is 1. The molecule has 0 atom stereocenters. The second-order valence-electron chi connectivity index (χ2n) is 8.06. The molecular weight excluding hydrogens is 454 g/mol. The zero-order chi connectivity index (χ0) is 23.7. The molecule has 9 nitrogen and oxygen atoms in total. The van der Waals surface area contributed by atoms with Gasteiger partial charge in [-0.25, -0.2) is 9.97 Å². The van der Waals surface area contributed by atoms with E-state index in [0.29, 0.717) is 36.8 Å². The molecule has 1 amide bonds. The molecule has 0 N–H and O–H groups in total. The predicted molar refractivity (Wildman–Crippen MR) is 129 cm³/mol. The molecule has 0 aliphatic carbocycles. The van der Waals surface area contributed by atoms with Crippen LogP contribution < -0.4 is 14.4 Å². The molecule has 4 aromatic rings. The maximum atomic E-state index is 13.2. The normalized spacial score (nSPS) is 14.0. The van der Waals surface area contributed by atoms with Crippen molar-refractivity contribution in [2.75, 3.05) is 38.2 Å². The van der Waals surface area contributed by atoms with Gasteiger partial charge in [0.05, 0.1) is 18.4 Å². The van der Waals surface area contributed by atoms with Gasteiger partial charge < -0.3 is 23.8 Å². The molecule has 3 aromatic heterocycles. The smallest absolute Gasteiger partial charge is 0.254 e. The summed E-state index contributed by atoms with van der Waals surface area (Å²) in [6.07, 6.45) is 1.78. The van der Waals surface area contributed by atoms with Gasteiger partial charge >= 0.3 is 0 Å². The lowest BCUT2D eigenvalue weighted by molar-refractivity contribution is 0.0746. The first-order valence-corrected chi connectivity index (χ1v) is 11.8. The highest BCUT2D eigenvalue weighted by Crippen LogP contribution is 2.31. The van der Waals surface area contributed by atoms with Gasteiger partial charge in [-0.1, -0.05) is 16.5 Å². The van der Waals surface area contributed by atoms with Crippen LogP contribution in [0.5, 0.6) is 11.5 Å². The van der Waals surface area contributed by atoms with Crippen molar-refractivity contribution in [3.63, 3.8) is 0 Å². The second kappa shape index (κ2) is 9.30. The van der Waals surface area contributed by atoms with Gasteiger partial charge in [0.2, 0.25) is 0 Å². The zero-order valence-electron chi connectivity index (χ0n) is 19.3. The summed E-state index contributed by atoms with van der Waals surface area (Å²) in [5.74, 6) is 1.78. The summed E-state index contributed by atoms with van der Waals surface area (Å²) in [5, 5.41) is 4.90. The number of thiazole rings is 1. The highest BCUT2D eigenvalue weighted by Gasteiger charge is 2.25. The third-order valence-corrected chi connectivity index (χ3v) is 7.00. The van der Waals surface area contributed by atoms with Gasteiger partial charge in [-0.3, -0.25) is 4.79 Å². The Bertz CT molecular complexity index is 1270. The fourth-order valence-electron chi connectivity index (χ4n) is 3.95. The highest BCUT2D eigenvalue weighted by molar-refractivity contribution is 7.21. The van der Waals surface area contributed by atoms with Crippen molar-refractivity contribution in [3.05, 3.63) is 59.1 Å². The number of aromatic nitrogens is 3. The molecule has 0 radical (unpaired) electrons. The number of hydrogen-bond acceptors (Lipinski definition) is 9. The molecule has 1 fully saturated rings. The number of methoxy groups -OCH3 is 1. The maximum Gasteiger partial charge on any atom is 0.254 e. The lowest BCUT2D eigenvalue weighted by atomic mass is 10.1. The Morgan fingerprint density at radius 3 is 2.68 bits per heavy atom. The first kappa shape index (κ1) is 22.1. The topological polar surface area (TPSA) is 93.8 Å². The van der Waals surface area contributed by atoms with Crippen molar-refractivity contribution in [1.82, 2.24) is 20.0 Å². The fraction of sp³-hybridized carbons (Fsp3) is 0.333. The van der Waals surface area contributed by atoms with E-state index in [9.17, 15) is 4.79 Å². The van der Waals surface area contributed by atoms with Crippen molar-refractivity contribution in [1.29, 1.82) is 0 Å². The molecular formula is C24H25N5O4S. The van der Waals surface area contributed by atoms with Crippen molar-refractivity contribution in [3.8, 4) is 11.5 Å². The molecule has 0 unspecified atom stereocenters. The number of piperazine rings is 1. The van der Waals surface area contributed by atoms with Crippen molar-refractivity contribution < 1.29 is 18.8 Å². The first-order chi connectivity index (χ1) is 16.5. The number of carbonyl (C=O) groups is 1. The van der Waals surface area contributed by atoms with E-state index in [2.05, 4.69) is 20.0 Å². The summed E-state index contributed by atoms with van der Waals surface area (Å²) in [5.41, 5.74) is 3.18. The third kappa shape index (κ3) is 4.28. The quantitative estimate of drug-likeness (QED) is 0.412. The van der Waals surface area contributed by atoms with Gasteiger partial charge in [0.25, 0.3) is 5.91 Å². The maximum absolute atomic E-state index is 13.2. The Kier molecular flexibility index (Phi) is 6.06. The monoisotopic (exact) mass is 479 g/mol. The lowest BCUT2D eigenvalue weighted by Crippen LogP contribution is -2.48. The average molecular weight is 480 g/mol. The minimum absolute atomic E-state index is 0.0267. The van der Waals surface area contributed by atoms with E-state index in [0.717, 1.165) is 45.6 Å². The van der Waals surface area contributed by atoms with Crippen LogP contribution >= 0.6 is 11.3 Å². The molecule has 34 heavy (non-hydrogen) atoms. The van der Waals surface area contributed by atoms with Gasteiger partial charge in [0, 0.05) is 37.9 Å². The number of aryl methyl sites for hydroxylation is 2. The van der Waals surface area contributed by atoms with Crippen LogP contribution in [0, 0.1) is 13.8 Å². The number of pyridine rings is 1. The van der Waals surface area contributed by atoms with E-state index < -0.39 is 0 Å².